The van der Waals surface area contributed by atoms with Crippen molar-refractivity contribution in [2.75, 3.05) is 0 Å². The summed E-state index contributed by atoms with van der Waals surface area (Å²) < 4.78 is 0. The fraction of sp³-hybridized carbons (Fsp3) is 0.217. The first-order valence-corrected chi connectivity index (χ1v) is 9.16. The predicted octanol–water partition coefficient (Wildman–Crippen LogP) is 4.67. The highest BCUT2D eigenvalue weighted by atomic mass is 15.3. The third-order valence-electron chi connectivity index (χ3n) is 5.69. The maximum absolute atomic E-state index is 4.88. The highest BCUT2D eigenvalue weighted by molar-refractivity contribution is 6.20. The zero-order valence-corrected chi connectivity index (χ0v) is 14.9. The molecule has 3 heteroatoms. The van der Waals surface area contributed by atoms with E-state index in [0.717, 1.165) is 29.9 Å². The van der Waals surface area contributed by atoms with Crippen LogP contribution >= 0.6 is 0 Å². The Balaban J connectivity index is 1.71. The topological polar surface area (TPSA) is 36.8 Å². The lowest BCUT2D eigenvalue weighted by molar-refractivity contribution is 0.613. The van der Waals surface area contributed by atoms with Crippen LogP contribution in [0.5, 0.6) is 0 Å². The van der Waals surface area contributed by atoms with Crippen molar-refractivity contribution in [2.24, 2.45) is 16.0 Å². The molecule has 0 amide bonds. The maximum atomic E-state index is 4.88. The lowest BCUT2D eigenvalue weighted by Crippen LogP contribution is -2.39. The molecule has 2 aromatic rings. The molecular formula is C23H21N3. The summed E-state index contributed by atoms with van der Waals surface area (Å²) in [4.78, 5) is 4.88. The minimum Gasteiger partial charge on any atom is -0.278 e. The van der Waals surface area contributed by atoms with E-state index in [2.05, 4.69) is 73.5 Å². The van der Waals surface area contributed by atoms with Gasteiger partial charge >= 0.3 is 0 Å². The monoisotopic (exact) mass is 339 g/mol. The van der Waals surface area contributed by atoms with Crippen molar-refractivity contribution in [1.82, 2.24) is 5.43 Å². The Labute approximate surface area is 153 Å². The van der Waals surface area contributed by atoms with Crippen LogP contribution in [0.2, 0.25) is 0 Å². The van der Waals surface area contributed by atoms with Crippen LogP contribution in [-0.4, -0.2) is 11.4 Å². The molecule has 2 aromatic carbocycles. The van der Waals surface area contributed by atoms with Gasteiger partial charge < -0.3 is 0 Å². The molecule has 2 heterocycles. The molecule has 3 nitrogen and oxygen atoms in total. The van der Waals surface area contributed by atoms with Gasteiger partial charge in [-0.05, 0) is 24.5 Å². The lowest BCUT2D eigenvalue weighted by atomic mass is 9.68. The van der Waals surface area contributed by atoms with Crippen LogP contribution in [0.15, 0.2) is 77.0 Å². The number of hydrogen-bond donors (Lipinski definition) is 1. The number of hydrogen-bond acceptors (Lipinski definition) is 3. The van der Waals surface area contributed by atoms with Gasteiger partial charge in [-0.1, -0.05) is 61.2 Å². The van der Waals surface area contributed by atoms with Crippen molar-refractivity contribution in [1.29, 1.82) is 0 Å². The molecule has 5 rings (SSSR count). The van der Waals surface area contributed by atoms with Crippen molar-refractivity contribution >= 4 is 17.1 Å². The molecule has 1 N–H and O–H groups in total. The van der Waals surface area contributed by atoms with Crippen molar-refractivity contribution in [2.45, 2.75) is 25.7 Å². The zero-order chi connectivity index (χ0) is 17.7. The molecule has 2 aliphatic heterocycles. The largest absolute Gasteiger partial charge is 0.278 e. The van der Waals surface area contributed by atoms with Crippen LogP contribution in [0.3, 0.4) is 0 Å². The maximum Gasteiger partial charge on any atom is 0.0782 e. The lowest BCUT2D eigenvalue weighted by Gasteiger charge is -2.38. The van der Waals surface area contributed by atoms with E-state index < -0.39 is 0 Å². The number of nitrogens with zero attached hydrogens (tertiary/aromatic N) is 2. The zero-order valence-electron chi connectivity index (χ0n) is 14.9. The van der Waals surface area contributed by atoms with E-state index in [1.54, 1.807) is 0 Å². The van der Waals surface area contributed by atoms with E-state index in [-0.39, 0.29) is 5.92 Å². The Morgan fingerprint density at radius 3 is 2.69 bits per heavy atom. The first-order valence-electron chi connectivity index (χ1n) is 9.16. The van der Waals surface area contributed by atoms with Crippen molar-refractivity contribution in [3.8, 4) is 0 Å². The first-order chi connectivity index (χ1) is 12.7. The fourth-order valence-electron chi connectivity index (χ4n) is 4.51. The molecule has 2 unspecified atom stereocenters. The Morgan fingerprint density at radius 2 is 1.92 bits per heavy atom. The summed E-state index contributed by atoms with van der Waals surface area (Å²) in [5.74, 6) is 0.546. The molecule has 0 radical (unpaired) electrons. The third-order valence-corrected chi connectivity index (χ3v) is 5.69. The summed E-state index contributed by atoms with van der Waals surface area (Å²) in [6.07, 6.45) is 4.13. The minimum atomic E-state index is 0.195. The van der Waals surface area contributed by atoms with E-state index in [0.29, 0.717) is 5.92 Å². The van der Waals surface area contributed by atoms with Gasteiger partial charge in [-0.3, -0.25) is 10.4 Å². The highest BCUT2D eigenvalue weighted by Crippen LogP contribution is 2.43. The highest BCUT2D eigenvalue weighted by Gasteiger charge is 2.40. The number of nitrogens with one attached hydrogen (secondary N) is 1. The number of benzene rings is 2. The van der Waals surface area contributed by atoms with E-state index in [1.165, 1.54) is 28.0 Å². The molecule has 1 aliphatic carbocycles. The Hall–Kier alpha value is -2.94. The van der Waals surface area contributed by atoms with Crippen molar-refractivity contribution < 1.29 is 0 Å². The van der Waals surface area contributed by atoms with E-state index >= 15 is 0 Å². The number of allylic oxidation sites excluding steroid dienone is 2. The molecule has 26 heavy (non-hydrogen) atoms. The average Bonchev–Trinajstić information content (AvgIpc) is 3.10. The Bertz CT molecular complexity index is 995. The fourth-order valence-corrected chi connectivity index (χ4v) is 4.51. The molecule has 0 fully saturated rings. The molecule has 0 bridgehead atoms. The Kier molecular flexibility index (Phi) is 3.42. The summed E-state index contributed by atoms with van der Waals surface area (Å²) in [7, 11) is 0. The van der Waals surface area contributed by atoms with Crippen LogP contribution in [0.4, 0.5) is 0 Å². The quantitative estimate of drug-likeness (QED) is 0.848. The number of hydrazone groups is 1. The normalized spacial score (nSPS) is 23.6. The molecule has 0 saturated carbocycles. The number of aliphatic imine (C=N–C) groups is 1. The van der Waals surface area contributed by atoms with Gasteiger partial charge in [-0.15, -0.1) is 0 Å². The van der Waals surface area contributed by atoms with Crippen LogP contribution < -0.4 is 5.43 Å². The molecule has 2 atom stereocenters. The number of rotatable bonds is 2. The van der Waals surface area contributed by atoms with Gasteiger partial charge in [0.25, 0.3) is 0 Å². The van der Waals surface area contributed by atoms with Crippen LogP contribution in [0, 0.1) is 5.92 Å². The molecule has 128 valence electrons. The second kappa shape index (κ2) is 5.80. The van der Waals surface area contributed by atoms with E-state index in [1.807, 2.05) is 0 Å². The van der Waals surface area contributed by atoms with Gasteiger partial charge in [0.1, 0.15) is 0 Å². The van der Waals surface area contributed by atoms with Gasteiger partial charge in [0.15, 0.2) is 0 Å². The summed E-state index contributed by atoms with van der Waals surface area (Å²) in [6.45, 7) is 6.22. The third kappa shape index (κ3) is 2.27. The second-order valence-corrected chi connectivity index (χ2v) is 7.28. The summed E-state index contributed by atoms with van der Waals surface area (Å²) in [5, 5.41) is 4.77. The molecule has 0 saturated heterocycles. The summed E-state index contributed by atoms with van der Waals surface area (Å²) in [5.41, 5.74) is 12.6. The van der Waals surface area contributed by atoms with Crippen LogP contribution in [0.25, 0.3) is 5.70 Å². The molecule has 3 aliphatic rings. The van der Waals surface area contributed by atoms with Crippen LogP contribution in [0.1, 0.15) is 41.5 Å². The minimum absolute atomic E-state index is 0.195. The molecular weight excluding hydrogens is 318 g/mol. The van der Waals surface area contributed by atoms with Gasteiger partial charge in [0.05, 0.1) is 11.4 Å². The van der Waals surface area contributed by atoms with Gasteiger partial charge in [0.2, 0.25) is 0 Å². The summed E-state index contributed by atoms with van der Waals surface area (Å²) in [6, 6.07) is 17.3. The van der Waals surface area contributed by atoms with Gasteiger partial charge in [-0.2, -0.15) is 5.10 Å². The molecule has 0 spiro atoms. The summed E-state index contributed by atoms with van der Waals surface area (Å²) >= 11 is 0. The van der Waals surface area contributed by atoms with Crippen molar-refractivity contribution in [3.63, 3.8) is 0 Å². The standard InChI is InChI=1S/C23H21N3/c1-14-11-12-20(24-14)22-19(16-7-4-3-5-8-16)13-17-9-6-10-18-15(2)25-26-23(22)21(17)18/h3-11,19,22,25H,2,12-13H2,1H3. The Morgan fingerprint density at radius 1 is 1.08 bits per heavy atom. The average molecular weight is 339 g/mol. The van der Waals surface area contributed by atoms with E-state index in [9.17, 15) is 0 Å². The second-order valence-electron chi connectivity index (χ2n) is 7.28. The van der Waals surface area contributed by atoms with Crippen LogP contribution in [-0.2, 0) is 6.42 Å². The van der Waals surface area contributed by atoms with Gasteiger partial charge in [-0.25, -0.2) is 0 Å². The first kappa shape index (κ1) is 15.3. The smallest absolute Gasteiger partial charge is 0.0782 e. The predicted molar refractivity (Wildman–Crippen MR) is 107 cm³/mol. The van der Waals surface area contributed by atoms with E-state index in [4.69, 9.17) is 10.1 Å². The SMILES string of the molecule is C=C1NN=C2c3c(cccc31)CC(c1ccccc1)C2C1=NC(C)=CC1. The van der Waals surface area contributed by atoms with Gasteiger partial charge in [0, 0.05) is 40.8 Å². The van der Waals surface area contributed by atoms with Crippen molar-refractivity contribution in [3.05, 3.63) is 89.1 Å². The molecule has 0 aromatic heterocycles.